The van der Waals surface area contributed by atoms with Gasteiger partial charge in [-0.15, -0.1) is 0 Å². The molecule has 19 heavy (non-hydrogen) atoms. The average Bonchev–Trinajstić information content (AvgIpc) is 2.46. The number of hydrogen-bond acceptors (Lipinski definition) is 4. The number of nitrogens with zero attached hydrogens (tertiary/aromatic N) is 2. The Morgan fingerprint density at radius 1 is 1.42 bits per heavy atom. The lowest BCUT2D eigenvalue weighted by Gasteiger charge is -2.09. The average molecular weight is 259 g/mol. The summed E-state index contributed by atoms with van der Waals surface area (Å²) >= 11 is 0. The van der Waals surface area contributed by atoms with Crippen LogP contribution in [-0.2, 0) is 4.74 Å². The van der Waals surface area contributed by atoms with Crippen LogP contribution in [0.4, 0.5) is 5.69 Å². The van der Waals surface area contributed by atoms with Crippen molar-refractivity contribution in [3.63, 3.8) is 0 Å². The number of nitrogens with one attached hydrogen (secondary N) is 2. The lowest BCUT2D eigenvalue weighted by atomic mass is 10.2. The fourth-order valence-corrected chi connectivity index (χ4v) is 1.65. The van der Waals surface area contributed by atoms with Gasteiger partial charge in [-0.2, -0.15) is 0 Å². The van der Waals surface area contributed by atoms with Gasteiger partial charge in [0.2, 0.25) is 5.96 Å². The number of nitrogens with two attached hydrogens (primary N) is 1. The standard InChI is InChI=1S/C13H17N5O/c1-19-7-6-15-13(18-14)17-11-8-10-4-2-3-5-12(10)16-9-11/h2-5,8-9H,6-7,14H2,1H3,(H2,15,17,18). The molecule has 2 rings (SSSR count). The Bertz CT molecular complexity index is 570. The zero-order valence-corrected chi connectivity index (χ0v) is 10.8. The highest BCUT2D eigenvalue weighted by atomic mass is 16.5. The van der Waals surface area contributed by atoms with Crippen LogP contribution >= 0.6 is 0 Å². The number of methoxy groups -OCH3 is 1. The van der Waals surface area contributed by atoms with Crippen LogP contribution in [0.3, 0.4) is 0 Å². The molecule has 0 saturated heterocycles. The number of fused-ring (bicyclic) bond motifs is 1. The smallest absolute Gasteiger partial charge is 0.210 e. The van der Waals surface area contributed by atoms with Crippen molar-refractivity contribution in [1.82, 2.24) is 10.4 Å². The number of rotatable bonds is 4. The zero-order valence-electron chi connectivity index (χ0n) is 10.8. The third-order valence-corrected chi connectivity index (χ3v) is 2.56. The van der Waals surface area contributed by atoms with Gasteiger partial charge in [-0.25, -0.2) is 10.8 Å². The van der Waals surface area contributed by atoms with Crippen molar-refractivity contribution in [2.75, 3.05) is 25.6 Å². The van der Waals surface area contributed by atoms with Gasteiger partial charge < -0.3 is 10.1 Å². The number of anilines is 1. The van der Waals surface area contributed by atoms with Crippen molar-refractivity contribution in [3.8, 4) is 0 Å². The predicted molar refractivity (Wildman–Crippen MR) is 76.9 cm³/mol. The maximum Gasteiger partial charge on any atom is 0.210 e. The van der Waals surface area contributed by atoms with Gasteiger partial charge in [-0.1, -0.05) is 18.2 Å². The predicted octanol–water partition coefficient (Wildman–Crippen LogP) is 1.11. The maximum atomic E-state index is 5.41. The van der Waals surface area contributed by atoms with Crippen molar-refractivity contribution < 1.29 is 4.74 Å². The van der Waals surface area contributed by atoms with Gasteiger partial charge >= 0.3 is 0 Å². The van der Waals surface area contributed by atoms with Crippen molar-refractivity contribution in [2.45, 2.75) is 0 Å². The molecule has 0 bridgehead atoms. The monoisotopic (exact) mass is 259 g/mol. The first-order chi connectivity index (χ1) is 9.33. The van der Waals surface area contributed by atoms with Gasteiger partial charge in [0, 0.05) is 12.5 Å². The second kappa shape index (κ2) is 6.67. The lowest BCUT2D eigenvalue weighted by molar-refractivity contribution is 0.208. The van der Waals surface area contributed by atoms with Crippen LogP contribution in [0, 0.1) is 0 Å². The molecule has 0 amide bonds. The summed E-state index contributed by atoms with van der Waals surface area (Å²) in [6.07, 6.45) is 1.74. The molecule has 1 aromatic carbocycles. The minimum absolute atomic E-state index is 0.481. The highest BCUT2D eigenvalue weighted by molar-refractivity contribution is 5.95. The number of ether oxygens (including phenoxy) is 1. The van der Waals surface area contributed by atoms with E-state index in [0.29, 0.717) is 19.1 Å². The van der Waals surface area contributed by atoms with E-state index in [-0.39, 0.29) is 0 Å². The number of hydrazine groups is 1. The minimum atomic E-state index is 0.481. The number of pyridine rings is 1. The Morgan fingerprint density at radius 3 is 3.05 bits per heavy atom. The van der Waals surface area contributed by atoms with E-state index >= 15 is 0 Å². The van der Waals surface area contributed by atoms with E-state index in [1.165, 1.54) is 0 Å². The molecule has 100 valence electrons. The van der Waals surface area contributed by atoms with Gasteiger partial charge in [0.15, 0.2) is 0 Å². The molecular formula is C13H17N5O. The molecule has 0 unspecified atom stereocenters. The lowest BCUT2D eigenvalue weighted by Crippen LogP contribution is -2.36. The van der Waals surface area contributed by atoms with Gasteiger partial charge in [-0.3, -0.25) is 10.4 Å². The molecule has 0 aliphatic heterocycles. The molecule has 0 saturated carbocycles. The van der Waals surface area contributed by atoms with Crippen LogP contribution in [0.15, 0.2) is 41.5 Å². The van der Waals surface area contributed by atoms with Crippen LogP contribution in [0.2, 0.25) is 0 Å². The molecule has 6 heteroatoms. The Hall–Kier alpha value is -2.18. The van der Waals surface area contributed by atoms with Crippen LogP contribution in [0.25, 0.3) is 10.9 Å². The molecule has 0 radical (unpaired) electrons. The molecule has 1 aromatic heterocycles. The van der Waals surface area contributed by atoms with Gasteiger partial charge in [0.1, 0.15) is 0 Å². The first-order valence-electron chi connectivity index (χ1n) is 5.95. The molecule has 0 spiro atoms. The van der Waals surface area contributed by atoms with E-state index in [9.17, 15) is 0 Å². The number of aromatic nitrogens is 1. The first kappa shape index (κ1) is 13.3. The van der Waals surface area contributed by atoms with Gasteiger partial charge in [0.05, 0.1) is 30.6 Å². The number of guanidine groups is 1. The van der Waals surface area contributed by atoms with E-state index in [4.69, 9.17) is 10.6 Å². The normalized spacial score (nSPS) is 11.6. The minimum Gasteiger partial charge on any atom is -0.383 e. The van der Waals surface area contributed by atoms with E-state index < -0.39 is 0 Å². The summed E-state index contributed by atoms with van der Waals surface area (Å²) in [5, 5.41) is 4.13. The highest BCUT2D eigenvalue weighted by Crippen LogP contribution is 2.15. The molecule has 0 aliphatic rings. The maximum absolute atomic E-state index is 5.41. The summed E-state index contributed by atoms with van der Waals surface area (Å²) in [6.45, 7) is 1.08. The van der Waals surface area contributed by atoms with Crippen LogP contribution < -0.4 is 16.6 Å². The molecule has 0 atom stereocenters. The Morgan fingerprint density at radius 2 is 2.26 bits per heavy atom. The zero-order chi connectivity index (χ0) is 13.5. The van der Waals surface area contributed by atoms with E-state index in [2.05, 4.69) is 20.7 Å². The van der Waals surface area contributed by atoms with E-state index in [0.717, 1.165) is 16.6 Å². The van der Waals surface area contributed by atoms with Gasteiger partial charge in [0.25, 0.3) is 0 Å². The molecular weight excluding hydrogens is 242 g/mol. The third kappa shape index (κ3) is 3.64. The van der Waals surface area contributed by atoms with Gasteiger partial charge in [-0.05, 0) is 12.1 Å². The molecule has 0 aliphatic carbocycles. The summed E-state index contributed by atoms with van der Waals surface area (Å²) < 4.78 is 4.93. The molecule has 1 heterocycles. The first-order valence-corrected chi connectivity index (χ1v) is 5.95. The number of hydrogen-bond donors (Lipinski definition) is 3. The molecule has 6 nitrogen and oxygen atoms in total. The van der Waals surface area contributed by atoms with Crippen molar-refractivity contribution in [3.05, 3.63) is 36.5 Å². The molecule has 0 fully saturated rings. The van der Waals surface area contributed by atoms with Crippen LogP contribution in [0.1, 0.15) is 0 Å². The molecule has 4 N–H and O–H groups in total. The third-order valence-electron chi connectivity index (χ3n) is 2.56. The Labute approximate surface area is 111 Å². The Balaban J connectivity index is 2.13. The topological polar surface area (TPSA) is 84.6 Å². The van der Waals surface area contributed by atoms with Crippen molar-refractivity contribution >= 4 is 22.5 Å². The highest BCUT2D eigenvalue weighted by Gasteiger charge is 2.00. The summed E-state index contributed by atoms with van der Waals surface area (Å²) in [6, 6.07) is 9.90. The second-order valence-corrected chi connectivity index (χ2v) is 3.91. The number of aliphatic imine (C=N–C) groups is 1. The Kier molecular flexibility index (Phi) is 4.66. The summed E-state index contributed by atoms with van der Waals surface area (Å²) in [5.41, 5.74) is 4.29. The summed E-state index contributed by atoms with van der Waals surface area (Å²) in [5.74, 6) is 5.89. The fraction of sp³-hybridized carbons (Fsp3) is 0.231. The molecule has 2 aromatic rings. The van der Waals surface area contributed by atoms with E-state index in [1.807, 2.05) is 30.3 Å². The number of benzene rings is 1. The summed E-state index contributed by atoms with van der Waals surface area (Å²) in [7, 11) is 1.63. The fourth-order valence-electron chi connectivity index (χ4n) is 1.65. The van der Waals surface area contributed by atoms with Crippen LogP contribution in [-0.4, -0.2) is 31.2 Å². The second-order valence-electron chi connectivity index (χ2n) is 3.91. The van der Waals surface area contributed by atoms with Crippen LogP contribution in [0.5, 0.6) is 0 Å². The van der Waals surface area contributed by atoms with Crippen molar-refractivity contribution in [1.29, 1.82) is 0 Å². The quantitative estimate of drug-likeness (QED) is 0.252. The van der Waals surface area contributed by atoms with Crippen molar-refractivity contribution in [2.24, 2.45) is 10.8 Å². The van der Waals surface area contributed by atoms with E-state index in [1.54, 1.807) is 13.3 Å². The number of para-hydroxylation sites is 1. The largest absolute Gasteiger partial charge is 0.383 e. The summed E-state index contributed by atoms with van der Waals surface area (Å²) in [4.78, 5) is 8.58. The SMILES string of the molecule is COCCN=C(NN)Nc1cnc2ccccc2c1.